The number of carbonyl (C=O) groups is 2. The van der Waals surface area contributed by atoms with E-state index in [1.165, 1.54) is 7.11 Å². The first-order valence-electron chi connectivity index (χ1n) is 6.21. The Bertz CT molecular complexity index is 671. The Kier molecular flexibility index (Phi) is 4.40. The van der Waals surface area contributed by atoms with E-state index in [-0.39, 0.29) is 5.56 Å². The van der Waals surface area contributed by atoms with Crippen LogP contribution in [0.5, 0.6) is 5.75 Å². The van der Waals surface area contributed by atoms with Gasteiger partial charge >= 0.3 is 6.03 Å². The molecular formula is C15H15N3O3. The molecule has 0 atom stereocenters. The molecule has 2 aromatic rings. The summed E-state index contributed by atoms with van der Waals surface area (Å²) in [5.41, 5.74) is 6.75. The standard InChI is InChI=1S/C15H15N3O3/c1-21-11-6-4-5-10(9-11)17-15(20)18-14(19)12-7-2-3-8-13(12)16/h2-9H,16H2,1H3,(H2,17,18,19,20). The van der Waals surface area contributed by atoms with Crippen LogP contribution in [-0.4, -0.2) is 19.0 Å². The van der Waals surface area contributed by atoms with Crippen molar-refractivity contribution in [1.82, 2.24) is 5.32 Å². The van der Waals surface area contributed by atoms with Crippen molar-refractivity contribution in [3.05, 3.63) is 54.1 Å². The first kappa shape index (κ1) is 14.4. The Hall–Kier alpha value is -3.02. The van der Waals surface area contributed by atoms with Crippen LogP contribution < -0.4 is 21.1 Å². The third-order valence-corrected chi connectivity index (χ3v) is 2.76. The topological polar surface area (TPSA) is 93.5 Å². The molecule has 0 saturated heterocycles. The molecular weight excluding hydrogens is 270 g/mol. The number of anilines is 2. The summed E-state index contributed by atoms with van der Waals surface area (Å²) in [5, 5.41) is 4.76. The summed E-state index contributed by atoms with van der Waals surface area (Å²) >= 11 is 0. The molecule has 2 rings (SSSR count). The highest BCUT2D eigenvalue weighted by atomic mass is 16.5. The normalized spacial score (nSPS) is 9.76. The van der Waals surface area contributed by atoms with Crippen LogP contribution in [0.25, 0.3) is 0 Å². The van der Waals surface area contributed by atoms with E-state index in [0.29, 0.717) is 17.1 Å². The number of methoxy groups -OCH3 is 1. The molecule has 0 aromatic heterocycles. The first-order valence-corrected chi connectivity index (χ1v) is 6.21. The highest BCUT2D eigenvalue weighted by Crippen LogP contribution is 2.16. The van der Waals surface area contributed by atoms with Gasteiger partial charge in [0, 0.05) is 17.4 Å². The number of nitrogens with one attached hydrogen (secondary N) is 2. The summed E-state index contributed by atoms with van der Waals surface area (Å²) in [6.45, 7) is 0. The molecule has 0 radical (unpaired) electrons. The molecule has 0 bridgehead atoms. The van der Waals surface area contributed by atoms with Crippen LogP contribution in [-0.2, 0) is 0 Å². The predicted octanol–water partition coefficient (Wildman–Crippen LogP) is 2.24. The molecule has 4 N–H and O–H groups in total. The Morgan fingerprint density at radius 2 is 1.86 bits per heavy atom. The lowest BCUT2D eigenvalue weighted by Gasteiger charge is -2.09. The van der Waals surface area contributed by atoms with Crippen molar-refractivity contribution in [2.24, 2.45) is 0 Å². The molecule has 0 aliphatic carbocycles. The molecule has 3 amide bonds. The van der Waals surface area contributed by atoms with E-state index in [1.54, 1.807) is 48.5 Å². The Morgan fingerprint density at radius 1 is 1.10 bits per heavy atom. The minimum atomic E-state index is -0.642. The number of nitrogen functional groups attached to an aromatic ring is 1. The van der Waals surface area contributed by atoms with Crippen molar-refractivity contribution in [2.75, 3.05) is 18.2 Å². The second-order valence-corrected chi connectivity index (χ2v) is 4.23. The lowest BCUT2D eigenvalue weighted by molar-refractivity contribution is 0.0968. The number of imide groups is 1. The van der Waals surface area contributed by atoms with Crippen molar-refractivity contribution < 1.29 is 14.3 Å². The molecule has 0 aliphatic rings. The molecule has 0 fully saturated rings. The Labute approximate surface area is 121 Å². The van der Waals surface area contributed by atoms with E-state index in [4.69, 9.17) is 10.5 Å². The highest BCUT2D eigenvalue weighted by molar-refractivity contribution is 6.10. The van der Waals surface area contributed by atoms with Gasteiger partial charge in [-0.25, -0.2) is 4.79 Å². The fraction of sp³-hybridized carbons (Fsp3) is 0.0667. The number of rotatable bonds is 3. The Morgan fingerprint density at radius 3 is 2.57 bits per heavy atom. The fourth-order valence-electron chi connectivity index (χ4n) is 1.74. The number of nitrogens with two attached hydrogens (primary N) is 1. The lowest BCUT2D eigenvalue weighted by Crippen LogP contribution is -2.34. The monoisotopic (exact) mass is 285 g/mol. The first-order chi connectivity index (χ1) is 10.1. The zero-order chi connectivity index (χ0) is 15.2. The van der Waals surface area contributed by atoms with E-state index in [9.17, 15) is 9.59 Å². The van der Waals surface area contributed by atoms with Crippen LogP contribution in [0, 0.1) is 0 Å². The zero-order valence-electron chi connectivity index (χ0n) is 11.4. The second-order valence-electron chi connectivity index (χ2n) is 4.23. The molecule has 6 nitrogen and oxygen atoms in total. The van der Waals surface area contributed by atoms with Gasteiger partial charge in [-0.1, -0.05) is 18.2 Å². The average Bonchev–Trinajstić information content (AvgIpc) is 2.47. The van der Waals surface area contributed by atoms with Crippen LogP contribution in [0.1, 0.15) is 10.4 Å². The van der Waals surface area contributed by atoms with Gasteiger partial charge in [-0.15, -0.1) is 0 Å². The van der Waals surface area contributed by atoms with Crippen molar-refractivity contribution >= 4 is 23.3 Å². The largest absolute Gasteiger partial charge is 0.497 e. The molecule has 0 heterocycles. The molecule has 108 valence electrons. The zero-order valence-corrected chi connectivity index (χ0v) is 11.4. The van der Waals surface area contributed by atoms with E-state index in [1.807, 2.05) is 0 Å². The van der Waals surface area contributed by atoms with Crippen molar-refractivity contribution in [1.29, 1.82) is 0 Å². The van der Waals surface area contributed by atoms with E-state index in [0.717, 1.165) is 0 Å². The van der Waals surface area contributed by atoms with Gasteiger partial charge in [-0.3, -0.25) is 10.1 Å². The maximum absolute atomic E-state index is 11.9. The van der Waals surface area contributed by atoms with Crippen LogP contribution in [0.3, 0.4) is 0 Å². The van der Waals surface area contributed by atoms with Crippen LogP contribution in [0.2, 0.25) is 0 Å². The fourth-order valence-corrected chi connectivity index (χ4v) is 1.74. The number of hydrogen-bond donors (Lipinski definition) is 3. The third kappa shape index (κ3) is 3.73. The van der Waals surface area contributed by atoms with E-state index >= 15 is 0 Å². The maximum Gasteiger partial charge on any atom is 0.326 e. The molecule has 0 saturated carbocycles. The number of para-hydroxylation sites is 1. The quantitative estimate of drug-likeness (QED) is 0.754. The molecule has 0 unspecified atom stereocenters. The number of carbonyl (C=O) groups excluding carboxylic acids is 2. The number of urea groups is 1. The number of hydrogen-bond acceptors (Lipinski definition) is 4. The van der Waals surface area contributed by atoms with Crippen LogP contribution in [0.15, 0.2) is 48.5 Å². The summed E-state index contributed by atoms with van der Waals surface area (Å²) in [6, 6.07) is 12.7. The second kappa shape index (κ2) is 6.42. The van der Waals surface area contributed by atoms with Gasteiger partial charge in [-0.2, -0.15) is 0 Å². The summed E-state index contributed by atoms with van der Waals surface area (Å²) in [6.07, 6.45) is 0. The van der Waals surface area contributed by atoms with E-state index in [2.05, 4.69) is 10.6 Å². The Balaban J connectivity index is 2.01. The predicted molar refractivity (Wildman–Crippen MR) is 80.3 cm³/mol. The van der Waals surface area contributed by atoms with Crippen molar-refractivity contribution in [3.63, 3.8) is 0 Å². The summed E-state index contributed by atoms with van der Waals surface area (Å²) in [5.74, 6) is 0.0416. The molecule has 21 heavy (non-hydrogen) atoms. The minimum Gasteiger partial charge on any atom is -0.497 e. The molecule has 2 aromatic carbocycles. The third-order valence-electron chi connectivity index (χ3n) is 2.76. The van der Waals surface area contributed by atoms with Crippen molar-refractivity contribution in [2.45, 2.75) is 0 Å². The smallest absolute Gasteiger partial charge is 0.326 e. The van der Waals surface area contributed by atoms with Crippen LogP contribution >= 0.6 is 0 Å². The average molecular weight is 285 g/mol. The van der Waals surface area contributed by atoms with Gasteiger partial charge in [0.1, 0.15) is 5.75 Å². The van der Waals surface area contributed by atoms with E-state index < -0.39 is 11.9 Å². The number of benzene rings is 2. The van der Waals surface area contributed by atoms with Gasteiger partial charge in [0.05, 0.1) is 12.7 Å². The molecule has 6 heteroatoms. The van der Waals surface area contributed by atoms with Gasteiger partial charge in [-0.05, 0) is 24.3 Å². The summed E-state index contributed by atoms with van der Waals surface area (Å²) < 4.78 is 5.05. The minimum absolute atomic E-state index is 0.248. The van der Waals surface area contributed by atoms with Crippen molar-refractivity contribution in [3.8, 4) is 5.75 Å². The molecule has 0 spiro atoms. The highest BCUT2D eigenvalue weighted by Gasteiger charge is 2.12. The summed E-state index contributed by atoms with van der Waals surface area (Å²) in [7, 11) is 1.53. The number of ether oxygens (including phenoxy) is 1. The maximum atomic E-state index is 11.9. The van der Waals surface area contributed by atoms with Gasteiger partial charge in [0.25, 0.3) is 5.91 Å². The SMILES string of the molecule is COc1cccc(NC(=O)NC(=O)c2ccccc2N)c1. The van der Waals surface area contributed by atoms with Gasteiger partial charge < -0.3 is 15.8 Å². The summed E-state index contributed by atoms with van der Waals surface area (Å²) in [4.78, 5) is 23.7. The number of amides is 3. The van der Waals surface area contributed by atoms with Gasteiger partial charge in [0.15, 0.2) is 0 Å². The van der Waals surface area contributed by atoms with Crippen LogP contribution in [0.4, 0.5) is 16.2 Å². The van der Waals surface area contributed by atoms with Gasteiger partial charge in [0.2, 0.25) is 0 Å². The molecule has 0 aliphatic heterocycles. The lowest BCUT2D eigenvalue weighted by atomic mass is 10.2.